The molecule has 2 heterocycles. The number of carbonyl (C=O) groups excluding carboxylic acids is 1. The van der Waals surface area contributed by atoms with Gasteiger partial charge in [0.15, 0.2) is 4.34 Å². The van der Waals surface area contributed by atoms with Crippen LogP contribution in [0.5, 0.6) is 0 Å². The summed E-state index contributed by atoms with van der Waals surface area (Å²) in [6, 6.07) is 8.23. The summed E-state index contributed by atoms with van der Waals surface area (Å²) in [6.45, 7) is 7.29. The van der Waals surface area contributed by atoms with Crippen LogP contribution in [0, 0.1) is 5.92 Å². The fourth-order valence-corrected chi connectivity index (χ4v) is 4.78. The predicted octanol–water partition coefficient (Wildman–Crippen LogP) is 4.65. The van der Waals surface area contributed by atoms with Crippen molar-refractivity contribution in [1.29, 1.82) is 0 Å². The van der Waals surface area contributed by atoms with Crippen LogP contribution in [-0.2, 0) is 4.74 Å². The number of aromatic nitrogens is 1. The van der Waals surface area contributed by atoms with Crippen LogP contribution in [0.2, 0.25) is 0 Å². The highest BCUT2D eigenvalue weighted by molar-refractivity contribution is 8.01. The van der Waals surface area contributed by atoms with Gasteiger partial charge in [-0.25, -0.2) is 9.78 Å². The first kappa shape index (κ1) is 16.6. The summed E-state index contributed by atoms with van der Waals surface area (Å²) in [5.41, 5.74) is 0.645. The number of likely N-dealkylation sites (tertiary alicyclic amines) is 1. The Morgan fingerprint density at radius 1 is 1.43 bits per heavy atom. The van der Waals surface area contributed by atoms with Crippen molar-refractivity contribution in [2.45, 2.75) is 37.1 Å². The number of para-hydroxylation sites is 1. The number of ether oxygens (including phenoxy) is 1. The second kappa shape index (κ2) is 6.69. The van der Waals surface area contributed by atoms with E-state index in [4.69, 9.17) is 4.74 Å². The molecule has 1 aromatic heterocycles. The molecular weight excluding hydrogens is 328 g/mol. The molecule has 124 valence electrons. The quantitative estimate of drug-likeness (QED) is 0.756. The molecule has 1 atom stereocenters. The lowest BCUT2D eigenvalue weighted by Crippen LogP contribution is -2.35. The van der Waals surface area contributed by atoms with E-state index in [1.54, 1.807) is 23.1 Å². The van der Waals surface area contributed by atoms with E-state index < -0.39 is 5.60 Å². The Morgan fingerprint density at radius 2 is 2.22 bits per heavy atom. The minimum absolute atomic E-state index is 0.190. The molecule has 1 saturated heterocycles. The Morgan fingerprint density at radius 3 is 2.96 bits per heavy atom. The standard InChI is InChI=1S/C17H22N2O2S2/c1-17(2,3)21-16(20)19-9-8-12(10-19)11-22-15-18-13-6-4-5-7-14(13)23-15/h4-7,12H,8-11H2,1-3H3/t12-/m1/s1. The molecule has 0 unspecified atom stereocenters. The smallest absolute Gasteiger partial charge is 0.410 e. The Bertz CT molecular complexity index is 660. The van der Waals surface area contributed by atoms with Crippen LogP contribution in [0.3, 0.4) is 0 Å². The molecule has 0 radical (unpaired) electrons. The van der Waals surface area contributed by atoms with Crippen LogP contribution >= 0.6 is 23.1 Å². The second-order valence-corrected chi connectivity index (χ2v) is 9.14. The molecule has 6 heteroatoms. The van der Waals surface area contributed by atoms with E-state index >= 15 is 0 Å². The Labute approximate surface area is 145 Å². The predicted molar refractivity (Wildman–Crippen MR) is 96.3 cm³/mol. The molecular formula is C17H22N2O2S2. The number of rotatable bonds is 3. The van der Waals surface area contributed by atoms with E-state index in [1.807, 2.05) is 37.8 Å². The molecule has 1 fully saturated rings. The van der Waals surface area contributed by atoms with Crippen LogP contribution in [0.25, 0.3) is 10.2 Å². The second-order valence-electron chi connectivity index (χ2n) is 6.84. The Hall–Kier alpha value is -1.27. The average molecular weight is 351 g/mol. The molecule has 1 amide bonds. The van der Waals surface area contributed by atoms with Gasteiger partial charge in [0.2, 0.25) is 0 Å². The molecule has 0 saturated carbocycles. The molecule has 1 aromatic carbocycles. The van der Waals surface area contributed by atoms with Gasteiger partial charge in [0.05, 0.1) is 10.2 Å². The topological polar surface area (TPSA) is 42.4 Å². The molecule has 4 nitrogen and oxygen atoms in total. The van der Waals surface area contributed by atoms with Crippen molar-refractivity contribution in [3.05, 3.63) is 24.3 Å². The first-order valence-corrected chi connectivity index (χ1v) is 9.67. The van der Waals surface area contributed by atoms with E-state index in [2.05, 4.69) is 17.1 Å². The summed E-state index contributed by atoms with van der Waals surface area (Å²) in [5, 5.41) is 0. The SMILES string of the molecule is CC(C)(C)OC(=O)N1CC[C@@H](CSc2nc3ccccc3s2)C1. The fourth-order valence-electron chi connectivity index (χ4n) is 2.56. The summed E-state index contributed by atoms with van der Waals surface area (Å²) in [6.07, 6.45) is 0.849. The maximum Gasteiger partial charge on any atom is 0.410 e. The normalized spacial score (nSPS) is 18.6. The summed E-state index contributed by atoms with van der Waals surface area (Å²) >= 11 is 3.54. The Kier molecular flexibility index (Phi) is 4.82. The van der Waals surface area contributed by atoms with Crippen molar-refractivity contribution in [2.24, 2.45) is 5.92 Å². The first-order chi connectivity index (χ1) is 10.9. The van der Waals surface area contributed by atoms with Crippen LogP contribution in [0.1, 0.15) is 27.2 Å². The number of amides is 1. The monoisotopic (exact) mass is 350 g/mol. The number of hydrogen-bond donors (Lipinski definition) is 0. The van der Waals surface area contributed by atoms with Crippen LogP contribution < -0.4 is 0 Å². The van der Waals surface area contributed by atoms with Gasteiger partial charge in [0, 0.05) is 18.8 Å². The third-order valence-corrected chi connectivity index (χ3v) is 6.07. The summed E-state index contributed by atoms with van der Waals surface area (Å²) in [5.74, 6) is 1.51. The highest BCUT2D eigenvalue weighted by atomic mass is 32.2. The van der Waals surface area contributed by atoms with Gasteiger partial charge in [0.25, 0.3) is 0 Å². The zero-order valence-electron chi connectivity index (χ0n) is 13.7. The molecule has 3 rings (SSSR count). The maximum absolute atomic E-state index is 12.1. The fraction of sp³-hybridized carbons (Fsp3) is 0.529. The van der Waals surface area contributed by atoms with Crippen molar-refractivity contribution in [2.75, 3.05) is 18.8 Å². The molecule has 0 bridgehead atoms. The van der Waals surface area contributed by atoms with Gasteiger partial charge in [-0.05, 0) is 45.2 Å². The highest BCUT2D eigenvalue weighted by Crippen LogP contribution is 2.32. The lowest BCUT2D eigenvalue weighted by Gasteiger charge is -2.24. The van der Waals surface area contributed by atoms with Crippen molar-refractivity contribution in [3.63, 3.8) is 0 Å². The molecule has 0 N–H and O–H groups in total. The lowest BCUT2D eigenvalue weighted by atomic mass is 10.2. The summed E-state index contributed by atoms with van der Waals surface area (Å²) in [7, 11) is 0. The van der Waals surface area contributed by atoms with Gasteiger partial charge in [-0.2, -0.15) is 0 Å². The number of thioether (sulfide) groups is 1. The zero-order valence-corrected chi connectivity index (χ0v) is 15.4. The van der Waals surface area contributed by atoms with E-state index in [1.165, 1.54) is 4.70 Å². The number of nitrogens with zero attached hydrogens (tertiary/aromatic N) is 2. The number of carbonyl (C=O) groups is 1. The summed E-state index contributed by atoms with van der Waals surface area (Å²) < 4.78 is 7.79. The molecule has 1 aliphatic heterocycles. The highest BCUT2D eigenvalue weighted by Gasteiger charge is 2.29. The molecule has 1 aliphatic rings. The minimum Gasteiger partial charge on any atom is -0.444 e. The van der Waals surface area contributed by atoms with Gasteiger partial charge in [-0.1, -0.05) is 23.9 Å². The Balaban J connectivity index is 1.51. The van der Waals surface area contributed by atoms with E-state index in [9.17, 15) is 4.79 Å². The molecule has 23 heavy (non-hydrogen) atoms. The zero-order chi connectivity index (χ0) is 16.4. The number of hydrogen-bond acceptors (Lipinski definition) is 5. The van der Waals surface area contributed by atoms with Gasteiger partial charge < -0.3 is 9.64 Å². The third kappa shape index (κ3) is 4.38. The van der Waals surface area contributed by atoms with Crippen LogP contribution in [0.4, 0.5) is 4.79 Å². The van der Waals surface area contributed by atoms with E-state index in [0.29, 0.717) is 5.92 Å². The number of benzene rings is 1. The van der Waals surface area contributed by atoms with Gasteiger partial charge in [-0.3, -0.25) is 0 Å². The lowest BCUT2D eigenvalue weighted by molar-refractivity contribution is 0.0289. The van der Waals surface area contributed by atoms with Crippen LogP contribution in [0.15, 0.2) is 28.6 Å². The third-order valence-electron chi connectivity index (χ3n) is 3.65. The van der Waals surface area contributed by atoms with Crippen molar-refractivity contribution >= 4 is 39.4 Å². The number of thiazole rings is 1. The average Bonchev–Trinajstić information content (AvgIpc) is 3.09. The van der Waals surface area contributed by atoms with Crippen molar-refractivity contribution in [1.82, 2.24) is 9.88 Å². The van der Waals surface area contributed by atoms with Gasteiger partial charge >= 0.3 is 6.09 Å². The minimum atomic E-state index is -0.426. The van der Waals surface area contributed by atoms with Gasteiger partial charge in [-0.15, -0.1) is 11.3 Å². The molecule has 2 aromatic rings. The summed E-state index contributed by atoms with van der Waals surface area (Å²) in [4.78, 5) is 18.6. The van der Waals surface area contributed by atoms with E-state index in [-0.39, 0.29) is 6.09 Å². The number of fused-ring (bicyclic) bond motifs is 1. The maximum atomic E-state index is 12.1. The molecule has 0 aliphatic carbocycles. The van der Waals surface area contributed by atoms with Crippen LogP contribution in [-0.4, -0.2) is 40.4 Å². The van der Waals surface area contributed by atoms with Crippen molar-refractivity contribution in [3.8, 4) is 0 Å². The molecule has 0 spiro atoms. The first-order valence-electron chi connectivity index (χ1n) is 7.87. The van der Waals surface area contributed by atoms with E-state index in [0.717, 1.165) is 35.1 Å². The van der Waals surface area contributed by atoms with Crippen molar-refractivity contribution < 1.29 is 9.53 Å². The van der Waals surface area contributed by atoms with Gasteiger partial charge in [0.1, 0.15) is 5.60 Å². The largest absolute Gasteiger partial charge is 0.444 e.